The van der Waals surface area contributed by atoms with Crippen molar-refractivity contribution >= 4 is 5.97 Å². The quantitative estimate of drug-likeness (QED) is 0.823. The first-order valence-corrected chi connectivity index (χ1v) is 4.68. The van der Waals surface area contributed by atoms with Crippen LogP contribution in [0.15, 0.2) is 12.3 Å². The van der Waals surface area contributed by atoms with Gasteiger partial charge in [-0.05, 0) is 24.8 Å². The van der Waals surface area contributed by atoms with Crippen LogP contribution in [0.4, 0.5) is 4.39 Å². The Labute approximate surface area is 85.7 Å². The first-order valence-electron chi connectivity index (χ1n) is 4.68. The number of halogens is 1. The smallest absolute Gasteiger partial charge is 0.341 e. The molecule has 1 aliphatic rings. The van der Waals surface area contributed by atoms with Gasteiger partial charge in [0, 0.05) is 0 Å². The van der Waals surface area contributed by atoms with E-state index in [9.17, 15) is 9.18 Å². The molecule has 1 aliphatic carbocycles. The van der Waals surface area contributed by atoms with Gasteiger partial charge >= 0.3 is 5.97 Å². The lowest BCUT2D eigenvalue weighted by molar-refractivity contribution is 0.0690. The second-order valence-corrected chi connectivity index (χ2v) is 3.57. The number of ether oxygens (including phenoxy) is 1. The molecule has 0 radical (unpaired) electrons. The van der Waals surface area contributed by atoms with Gasteiger partial charge in [-0.25, -0.2) is 14.2 Å². The predicted octanol–water partition coefficient (Wildman–Crippen LogP) is 1.71. The summed E-state index contributed by atoms with van der Waals surface area (Å²) in [7, 11) is 0. The van der Waals surface area contributed by atoms with Gasteiger partial charge in [0.1, 0.15) is 11.4 Å². The van der Waals surface area contributed by atoms with Crippen LogP contribution in [0, 0.1) is 11.7 Å². The fraction of sp³-hybridized carbons (Fsp3) is 0.400. The van der Waals surface area contributed by atoms with Crippen LogP contribution < -0.4 is 4.74 Å². The Morgan fingerprint density at radius 1 is 1.67 bits per heavy atom. The average molecular weight is 211 g/mol. The summed E-state index contributed by atoms with van der Waals surface area (Å²) in [6, 6.07) is 0.914. The van der Waals surface area contributed by atoms with Crippen LogP contribution in [0.1, 0.15) is 23.2 Å². The maximum Gasteiger partial charge on any atom is 0.341 e. The fourth-order valence-electron chi connectivity index (χ4n) is 1.18. The molecule has 4 nitrogen and oxygen atoms in total. The van der Waals surface area contributed by atoms with Gasteiger partial charge in [-0.1, -0.05) is 0 Å². The van der Waals surface area contributed by atoms with E-state index < -0.39 is 11.8 Å². The van der Waals surface area contributed by atoms with Crippen LogP contribution in [0.2, 0.25) is 0 Å². The maximum absolute atomic E-state index is 12.7. The van der Waals surface area contributed by atoms with Gasteiger partial charge in [0.15, 0.2) is 0 Å². The molecule has 1 aromatic rings. The molecule has 0 bridgehead atoms. The van der Waals surface area contributed by atoms with E-state index in [1.165, 1.54) is 0 Å². The predicted molar refractivity (Wildman–Crippen MR) is 49.4 cm³/mol. The minimum absolute atomic E-state index is 0.00389. The van der Waals surface area contributed by atoms with E-state index in [0.29, 0.717) is 12.5 Å². The van der Waals surface area contributed by atoms with Gasteiger partial charge in [-0.3, -0.25) is 0 Å². The molecule has 5 heteroatoms. The number of nitrogens with zero attached hydrogens (tertiary/aromatic N) is 1. The van der Waals surface area contributed by atoms with Crippen LogP contribution >= 0.6 is 0 Å². The number of rotatable bonds is 4. The van der Waals surface area contributed by atoms with Crippen molar-refractivity contribution in [3.63, 3.8) is 0 Å². The molecule has 15 heavy (non-hydrogen) atoms. The Hall–Kier alpha value is -1.65. The molecule has 80 valence electrons. The molecule has 2 rings (SSSR count). The van der Waals surface area contributed by atoms with Gasteiger partial charge < -0.3 is 9.84 Å². The van der Waals surface area contributed by atoms with E-state index in [2.05, 4.69) is 4.98 Å². The van der Waals surface area contributed by atoms with E-state index >= 15 is 0 Å². The van der Waals surface area contributed by atoms with Gasteiger partial charge in [0.25, 0.3) is 0 Å². The number of carbonyl (C=O) groups is 1. The highest BCUT2D eigenvalue weighted by Crippen LogP contribution is 2.29. The molecule has 0 atom stereocenters. The second-order valence-electron chi connectivity index (χ2n) is 3.57. The number of carboxylic acids is 1. The SMILES string of the molecule is O=C(O)c1cc(F)cnc1OCC1CC1. The zero-order chi connectivity index (χ0) is 10.8. The van der Waals surface area contributed by atoms with E-state index in [-0.39, 0.29) is 11.4 Å². The fourth-order valence-corrected chi connectivity index (χ4v) is 1.18. The molecule has 1 aromatic heterocycles. The average Bonchev–Trinajstić information content (AvgIpc) is 2.99. The summed E-state index contributed by atoms with van der Waals surface area (Å²) in [5.41, 5.74) is -0.226. The van der Waals surface area contributed by atoms with E-state index in [1.807, 2.05) is 0 Å². The standard InChI is InChI=1S/C10H10FNO3/c11-7-3-8(10(13)14)9(12-4-7)15-5-6-1-2-6/h3-4,6H,1-2,5H2,(H,13,14). The summed E-state index contributed by atoms with van der Waals surface area (Å²) < 4.78 is 18.0. The molecular weight excluding hydrogens is 201 g/mol. The largest absolute Gasteiger partial charge is 0.477 e. The molecule has 0 spiro atoms. The lowest BCUT2D eigenvalue weighted by Crippen LogP contribution is -2.07. The number of aromatic carboxylic acids is 1. The van der Waals surface area contributed by atoms with E-state index in [1.54, 1.807) is 0 Å². The van der Waals surface area contributed by atoms with E-state index in [0.717, 1.165) is 25.1 Å². The van der Waals surface area contributed by atoms with E-state index in [4.69, 9.17) is 9.84 Å². The molecule has 0 aromatic carbocycles. The van der Waals surface area contributed by atoms with Gasteiger partial charge in [-0.15, -0.1) is 0 Å². The minimum Gasteiger partial charge on any atom is -0.477 e. The zero-order valence-corrected chi connectivity index (χ0v) is 7.94. The molecule has 1 saturated carbocycles. The highest BCUT2D eigenvalue weighted by molar-refractivity contribution is 5.90. The van der Waals surface area contributed by atoms with Crippen molar-refractivity contribution in [3.05, 3.63) is 23.6 Å². The molecule has 0 saturated heterocycles. The van der Waals surface area contributed by atoms with Gasteiger partial charge in [0.2, 0.25) is 5.88 Å². The number of carboxylic acid groups (broad SMARTS) is 1. The third-order valence-electron chi connectivity index (χ3n) is 2.20. The first-order chi connectivity index (χ1) is 7.16. The Kier molecular flexibility index (Phi) is 2.53. The lowest BCUT2D eigenvalue weighted by Gasteiger charge is -2.06. The van der Waals surface area contributed by atoms with Crippen molar-refractivity contribution in [3.8, 4) is 5.88 Å². The molecule has 1 heterocycles. The zero-order valence-electron chi connectivity index (χ0n) is 7.94. The summed E-state index contributed by atoms with van der Waals surface area (Å²) in [5, 5.41) is 8.78. The number of hydrogen-bond acceptors (Lipinski definition) is 3. The minimum atomic E-state index is -1.23. The number of aromatic nitrogens is 1. The summed E-state index contributed by atoms with van der Waals surface area (Å²) in [6.45, 7) is 0.457. The third kappa shape index (κ3) is 2.43. The van der Waals surface area contributed by atoms with Crippen LogP contribution in [-0.2, 0) is 0 Å². The van der Waals surface area contributed by atoms with Crippen LogP contribution in [0.25, 0.3) is 0 Å². The third-order valence-corrected chi connectivity index (χ3v) is 2.20. The van der Waals surface area contributed by atoms with Gasteiger partial charge in [-0.2, -0.15) is 0 Å². The summed E-state index contributed by atoms with van der Waals surface area (Å²) in [6.07, 6.45) is 3.15. The molecule has 0 unspecified atom stereocenters. The molecule has 0 aliphatic heterocycles. The summed E-state index contributed by atoms with van der Waals surface area (Å²) >= 11 is 0. The monoisotopic (exact) mass is 211 g/mol. The van der Waals surface area contributed by atoms with Crippen molar-refractivity contribution < 1.29 is 19.0 Å². The number of hydrogen-bond donors (Lipinski definition) is 1. The summed E-state index contributed by atoms with van der Waals surface area (Å²) in [4.78, 5) is 14.4. The Morgan fingerprint density at radius 3 is 3.00 bits per heavy atom. The normalized spacial score (nSPS) is 15.0. The molecule has 1 N–H and O–H groups in total. The van der Waals surface area contributed by atoms with Crippen molar-refractivity contribution in [2.45, 2.75) is 12.8 Å². The highest BCUT2D eigenvalue weighted by atomic mass is 19.1. The first kappa shape index (κ1) is 9.89. The van der Waals surface area contributed by atoms with Crippen molar-refractivity contribution in [1.29, 1.82) is 0 Å². The Balaban J connectivity index is 2.15. The van der Waals surface area contributed by atoms with Crippen LogP contribution in [0.3, 0.4) is 0 Å². The van der Waals surface area contributed by atoms with Crippen molar-refractivity contribution in [2.75, 3.05) is 6.61 Å². The second kappa shape index (κ2) is 3.84. The molecule has 1 fully saturated rings. The Bertz CT molecular complexity index is 390. The topological polar surface area (TPSA) is 59.4 Å². The maximum atomic E-state index is 12.7. The summed E-state index contributed by atoms with van der Waals surface area (Å²) in [5.74, 6) is -1.41. The lowest BCUT2D eigenvalue weighted by atomic mass is 10.2. The number of pyridine rings is 1. The molecule has 0 amide bonds. The van der Waals surface area contributed by atoms with Crippen molar-refractivity contribution in [1.82, 2.24) is 4.98 Å². The van der Waals surface area contributed by atoms with Crippen LogP contribution in [0.5, 0.6) is 5.88 Å². The Morgan fingerprint density at radius 2 is 2.40 bits per heavy atom. The van der Waals surface area contributed by atoms with Gasteiger partial charge in [0.05, 0.1) is 12.8 Å². The molecular formula is C10H10FNO3. The highest BCUT2D eigenvalue weighted by Gasteiger charge is 2.23. The van der Waals surface area contributed by atoms with Crippen molar-refractivity contribution in [2.24, 2.45) is 5.92 Å². The van der Waals surface area contributed by atoms with Crippen LogP contribution in [-0.4, -0.2) is 22.7 Å².